The van der Waals surface area contributed by atoms with E-state index in [4.69, 9.17) is 4.74 Å². The van der Waals surface area contributed by atoms with Gasteiger partial charge >= 0.3 is 0 Å². The number of hydrogen-bond donors (Lipinski definition) is 0. The molecule has 2 fully saturated rings. The first-order valence-corrected chi connectivity index (χ1v) is 3.90. The largest absolute Gasteiger partial charge is 0.364 e. The van der Waals surface area contributed by atoms with Gasteiger partial charge in [0.05, 0.1) is 5.60 Å². The highest BCUT2D eigenvalue weighted by molar-refractivity contribution is 5.86. The van der Waals surface area contributed by atoms with Crippen LogP contribution < -0.4 is 0 Å². The molecule has 0 spiro atoms. The van der Waals surface area contributed by atoms with Gasteiger partial charge in [-0.05, 0) is 26.2 Å². The molecule has 0 aromatic heterocycles. The molecule has 0 radical (unpaired) electrons. The van der Waals surface area contributed by atoms with Crippen molar-refractivity contribution in [3.05, 3.63) is 0 Å². The van der Waals surface area contributed by atoms with Crippen LogP contribution in [0.3, 0.4) is 0 Å². The molecule has 2 saturated heterocycles. The second-order valence-corrected chi connectivity index (χ2v) is 3.59. The standard InChI is InChI=1S/C8H12O2/c1-8-4-2-3-7(10-8)6(9)5-8/h7H,2-5H2,1H3/t7-,8+/m0/s1. The predicted octanol–water partition coefficient (Wildman–Crippen LogP) is 1.29. The van der Waals surface area contributed by atoms with Crippen molar-refractivity contribution in [2.45, 2.75) is 44.3 Å². The van der Waals surface area contributed by atoms with Crippen molar-refractivity contribution < 1.29 is 9.53 Å². The summed E-state index contributed by atoms with van der Waals surface area (Å²) in [5.41, 5.74) is -0.0833. The zero-order valence-electron chi connectivity index (χ0n) is 6.22. The molecular weight excluding hydrogens is 128 g/mol. The smallest absolute Gasteiger partial charge is 0.164 e. The van der Waals surface area contributed by atoms with Gasteiger partial charge in [0, 0.05) is 6.42 Å². The average Bonchev–Trinajstić information content (AvgIpc) is 2.03. The normalized spacial score (nSPS) is 46.1. The van der Waals surface area contributed by atoms with E-state index in [0.29, 0.717) is 12.2 Å². The van der Waals surface area contributed by atoms with Crippen molar-refractivity contribution in [1.29, 1.82) is 0 Å². The van der Waals surface area contributed by atoms with Crippen LogP contribution in [0.25, 0.3) is 0 Å². The van der Waals surface area contributed by atoms with Gasteiger partial charge in [-0.25, -0.2) is 0 Å². The Kier molecular flexibility index (Phi) is 1.15. The van der Waals surface area contributed by atoms with E-state index in [1.807, 2.05) is 6.92 Å². The summed E-state index contributed by atoms with van der Waals surface area (Å²) in [5.74, 6) is 0.319. The molecular formula is C8H12O2. The Morgan fingerprint density at radius 2 is 2.50 bits per heavy atom. The fraction of sp³-hybridized carbons (Fsp3) is 0.875. The van der Waals surface area contributed by atoms with Crippen LogP contribution in [0.5, 0.6) is 0 Å². The van der Waals surface area contributed by atoms with Crippen LogP contribution in [-0.4, -0.2) is 17.5 Å². The molecule has 10 heavy (non-hydrogen) atoms. The molecule has 2 bridgehead atoms. The van der Waals surface area contributed by atoms with E-state index >= 15 is 0 Å². The molecule has 0 saturated carbocycles. The van der Waals surface area contributed by atoms with E-state index in [1.165, 1.54) is 0 Å². The Bertz CT molecular complexity index is 176. The molecule has 56 valence electrons. The summed E-state index contributed by atoms with van der Waals surface area (Å²) in [6, 6.07) is 0. The van der Waals surface area contributed by atoms with E-state index in [1.54, 1.807) is 0 Å². The van der Waals surface area contributed by atoms with Crippen molar-refractivity contribution >= 4 is 5.78 Å². The molecule has 2 heteroatoms. The maximum absolute atomic E-state index is 11.1. The molecule has 0 aromatic carbocycles. The quantitative estimate of drug-likeness (QED) is 0.506. The molecule has 0 N–H and O–H groups in total. The number of fused-ring (bicyclic) bond motifs is 2. The third-order valence-electron chi connectivity index (χ3n) is 2.51. The zero-order chi connectivity index (χ0) is 7.19. The predicted molar refractivity (Wildman–Crippen MR) is 36.8 cm³/mol. The number of ketones is 1. The first kappa shape index (κ1) is 6.35. The van der Waals surface area contributed by atoms with Crippen LogP contribution in [0, 0.1) is 0 Å². The Morgan fingerprint density at radius 3 is 3.10 bits per heavy atom. The van der Waals surface area contributed by atoms with Gasteiger partial charge < -0.3 is 4.74 Å². The minimum atomic E-state index is -0.0833. The summed E-state index contributed by atoms with van der Waals surface area (Å²) in [6.45, 7) is 2.05. The molecule has 2 atom stereocenters. The lowest BCUT2D eigenvalue weighted by Gasteiger charge is -2.28. The highest BCUT2D eigenvalue weighted by Crippen LogP contribution is 2.38. The fourth-order valence-corrected chi connectivity index (χ4v) is 1.96. The van der Waals surface area contributed by atoms with E-state index in [-0.39, 0.29) is 11.7 Å². The summed E-state index contributed by atoms with van der Waals surface area (Å²) < 4.78 is 5.55. The number of carbonyl (C=O) groups is 1. The summed E-state index contributed by atoms with van der Waals surface area (Å²) >= 11 is 0. The van der Waals surface area contributed by atoms with E-state index in [0.717, 1.165) is 19.3 Å². The van der Waals surface area contributed by atoms with E-state index in [2.05, 4.69) is 0 Å². The van der Waals surface area contributed by atoms with E-state index < -0.39 is 0 Å². The summed E-state index contributed by atoms with van der Waals surface area (Å²) in [6.07, 6.45) is 3.78. The topological polar surface area (TPSA) is 26.3 Å². The highest BCUT2D eigenvalue weighted by atomic mass is 16.5. The van der Waals surface area contributed by atoms with Gasteiger partial charge in [0.2, 0.25) is 0 Å². The lowest BCUT2D eigenvalue weighted by atomic mass is 9.97. The van der Waals surface area contributed by atoms with Crippen molar-refractivity contribution in [2.75, 3.05) is 0 Å². The van der Waals surface area contributed by atoms with Gasteiger partial charge in [0.1, 0.15) is 6.10 Å². The van der Waals surface area contributed by atoms with Gasteiger partial charge in [0.25, 0.3) is 0 Å². The average molecular weight is 140 g/mol. The van der Waals surface area contributed by atoms with Crippen molar-refractivity contribution in [1.82, 2.24) is 0 Å². The minimum Gasteiger partial charge on any atom is -0.364 e. The lowest BCUT2D eigenvalue weighted by Crippen LogP contribution is -2.29. The van der Waals surface area contributed by atoms with Crippen LogP contribution in [-0.2, 0) is 9.53 Å². The Morgan fingerprint density at radius 1 is 1.70 bits per heavy atom. The number of rotatable bonds is 0. The van der Waals surface area contributed by atoms with Crippen LogP contribution in [0.4, 0.5) is 0 Å². The Hall–Kier alpha value is -0.370. The molecule has 0 unspecified atom stereocenters. The van der Waals surface area contributed by atoms with Crippen molar-refractivity contribution in [2.24, 2.45) is 0 Å². The number of carbonyl (C=O) groups excluding carboxylic acids is 1. The first-order chi connectivity index (χ1) is 4.70. The van der Waals surface area contributed by atoms with Gasteiger partial charge in [-0.1, -0.05) is 0 Å². The second-order valence-electron chi connectivity index (χ2n) is 3.59. The lowest BCUT2D eigenvalue weighted by molar-refractivity contribution is -0.125. The number of hydrogen-bond acceptors (Lipinski definition) is 2. The van der Waals surface area contributed by atoms with Gasteiger partial charge in [-0.3, -0.25) is 4.79 Å². The van der Waals surface area contributed by atoms with Crippen LogP contribution in [0.1, 0.15) is 32.6 Å². The number of ether oxygens (including phenoxy) is 1. The minimum absolute atomic E-state index is 0.0428. The maximum Gasteiger partial charge on any atom is 0.164 e. The molecule has 0 aliphatic carbocycles. The van der Waals surface area contributed by atoms with Crippen LogP contribution in [0.15, 0.2) is 0 Å². The van der Waals surface area contributed by atoms with Crippen LogP contribution in [0.2, 0.25) is 0 Å². The molecule has 0 aromatic rings. The number of Topliss-reactive ketones (excluding diaryl/α,β-unsaturated/α-hetero) is 1. The second kappa shape index (κ2) is 1.82. The molecule has 2 aliphatic heterocycles. The molecule has 0 amide bonds. The van der Waals surface area contributed by atoms with Gasteiger partial charge in [0.15, 0.2) is 5.78 Å². The summed E-state index contributed by atoms with van der Waals surface area (Å²) in [5, 5.41) is 0. The first-order valence-electron chi connectivity index (χ1n) is 3.90. The molecule has 2 rings (SSSR count). The highest BCUT2D eigenvalue weighted by Gasteiger charge is 2.44. The monoisotopic (exact) mass is 140 g/mol. The van der Waals surface area contributed by atoms with Gasteiger partial charge in [-0.2, -0.15) is 0 Å². The molecule has 2 heterocycles. The Labute approximate surface area is 60.6 Å². The van der Waals surface area contributed by atoms with Crippen molar-refractivity contribution in [3.8, 4) is 0 Å². The summed E-state index contributed by atoms with van der Waals surface area (Å²) in [4.78, 5) is 11.1. The summed E-state index contributed by atoms with van der Waals surface area (Å²) in [7, 11) is 0. The Balaban J connectivity index is 2.23. The van der Waals surface area contributed by atoms with E-state index in [9.17, 15) is 4.79 Å². The molecule has 2 aliphatic rings. The molecule has 2 nitrogen and oxygen atoms in total. The fourth-order valence-electron chi connectivity index (χ4n) is 1.96. The third kappa shape index (κ3) is 0.788. The third-order valence-corrected chi connectivity index (χ3v) is 2.51. The maximum atomic E-state index is 11.1. The van der Waals surface area contributed by atoms with Gasteiger partial charge in [-0.15, -0.1) is 0 Å². The van der Waals surface area contributed by atoms with Crippen molar-refractivity contribution in [3.63, 3.8) is 0 Å². The van der Waals surface area contributed by atoms with Crippen LogP contribution >= 0.6 is 0 Å². The SMILES string of the molecule is C[C@]12CCC[C@H](O1)C(=O)C2. The zero-order valence-corrected chi connectivity index (χ0v) is 6.22.